The lowest BCUT2D eigenvalue weighted by atomic mass is 9.79. The first-order chi connectivity index (χ1) is 7.14. The van der Waals surface area contributed by atoms with Crippen LogP contribution in [-0.4, -0.2) is 47.7 Å². The molecule has 1 amide bonds. The maximum Gasteiger partial charge on any atom is 0.239 e. The molecule has 4 heteroatoms. The van der Waals surface area contributed by atoms with Crippen molar-refractivity contribution in [1.82, 2.24) is 10.2 Å². The van der Waals surface area contributed by atoms with Crippen molar-refractivity contribution in [2.75, 3.05) is 20.1 Å². The van der Waals surface area contributed by atoms with Crippen LogP contribution in [0.5, 0.6) is 0 Å². The van der Waals surface area contributed by atoms with Gasteiger partial charge in [-0.05, 0) is 39.2 Å². The number of aliphatic hydroxyl groups is 1. The monoisotopic (exact) mass is 212 g/mol. The summed E-state index contributed by atoms with van der Waals surface area (Å²) in [5, 5.41) is 13.1. The molecule has 2 rings (SSSR count). The Bertz CT molecular complexity index is 251. The van der Waals surface area contributed by atoms with E-state index in [2.05, 4.69) is 5.32 Å². The Morgan fingerprint density at radius 1 is 1.53 bits per heavy atom. The van der Waals surface area contributed by atoms with Gasteiger partial charge in [-0.15, -0.1) is 0 Å². The van der Waals surface area contributed by atoms with E-state index in [1.165, 1.54) is 0 Å². The zero-order valence-electron chi connectivity index (χ0n) is 9.33. The summed E-state index contributed by atoms with van der Waals surface area (Å²) < 4.78 is 0. The number of carbonyl (C=O) groups excluding carboxylic acids is 1. The number of rotatable bonds is 3. The van der Waals surface area contributed by atoms with E-state index < -0.39 is 5.60 Å². The molecule has 4 nitrogen and oxygen atoms in total. The third kappa shape index (κ3) is 2.16. The van der Waals surface area contributed by atoms with Crippen molar-refractivity contribution in [2.45, 2.75) is 43.7 Å². The van der Waals surface area contributed by atoms with E-state index in [4.69, 9.17) is 0 Å². The molecule has 0 aromatic rings. The third-order valence-corrected chi connectivity index (χ3v) is 3.65. The highest BCUT2D eigenvalue weighted by atomic mass is 16.3. The summed E-state index contributed by atoms with van der Waals surface area (Å²) in [5.74, 6) is 0.157. The highest BCUT2D eigenvalue weighted by molar-refractivity contribution is 5.82. The number of hydrogen-bond acceptors (Lipinski definition) is 3. The second-order valence-corrected chi connectivity index (χ2v) is 4.82. The number of nitrogens with zero attached hydrogens (tertiary/aromatic N) is 1. The fourth-order valence-corrected chi connectivity index (χ4v) is 2.46. The summed E-state index contributed by atoms with van der Waals surface area (Å²) in [6, 6.07) is -0.0394. The highest BCUT2D eigenvalue weighted by Gasteiger charge is 2.39. The van der Waals surface area contributed by atoms with Gasteiger partial charge >= 0.3 is 0 Å². The smallest absolute Gasteiger partial charge is 0.239 e. The lowest BCUT2D eigenvalue weighted by Gasteiger charge is -2.43. The van der Waals surface area contributed by atoms with Crippen LogP contribution in [0, 0.1) is 0 Å². The van der Waals surface area contributed by atoms with Gasteiger partial charge in [0.2, 0.25) is 5.91 Å². The van der Waals surface area contributed by atoms with Crippen molar-refractivity contribution in [3.05, 3.63) is 0 Å². The van der Waals surface area contributed by atoms with Crippen LogP contribution in [0.3, 0.4) is 0 Å². The molecule has 2 N–H and O–H groups in total. The molecule has 1 aliphatic heterocycles. The summed E-state index contributed by atoms with van der Waals surface area (Å²) in [4.78, 5) is 13.7. The minimum Gasteiger partial charge on any atom is -0.388 e. The summed E-state index contributed by atoms with van der Waals surface area (Å²) in [5.41, 5.74) is -0.578. The second-order valence-electron chi connectivity index (χ2n) is 4.82. The summed E-state index contributed by atoms with van der Waals surface area (Å²) in [6.07, 6.45) is 4.74. The van der Waals surface area contributed by atoms with Crippen molar-refractivity contribution in [3.8, 4) is 0 Å². The third-order valence-electron chi connectivity index (χ3n) is 3.65. The normalized spacial score (nSPS) is 30.1. The molecule has 15 heavy (non-hydrogen) atoms. The zero-order chi connectivity index (χ0) is 10.9. The Morgan fingerprint density at radius 2 is 2.27 bits per heavy atom. The van der Waals surface area contributed by atoms with E-state index in [9.17, 15) is 9.90 Å². The molecule has 2 aliphatic rings. The molecular formula is C11H20N2O2. The van der Waals surface area contributed by atoms with Crippen molar-refractivity contribution in [2.24, 2.45) is 0 Å². The first-order valence-electron chi connectivity index (χ1n) is 5.83. The van der Waals surface area contributed by atoms with Gasteiger partial charge in [0.25, 0.3) is 0 Å². The minimum atomic E-state index is -0.578. The number of β-amino-alcohol motifs (C(OH)–C–C–N with tert-alkyl or cyclic N) is 1. The molecule has 2 fully saturated rings. The molecule has 0 aromatic carbocycles. The first-order valence-corrected chi connectivity index (χ1v) is 5.83. The van der Waals surface area contributed by atoms with Crippen LogP contribution in [-0.2, 0) is 4.79 Å². The zero-order valence-corrected chi connectivity index (χ0v) is 9.33. The Hall–Kier alpha value is -0.610. The number of nitrogens with one attached hydrogen (secondary N) is 1. The second kappa shape index (κ2) is 4.10. The Kier molecular flexibility index (Phi) is 2.98. The first kappa shape index (κ1) is 10.9. The fraction of sp³-hybridized carbons (Fsp3) is 0.909. The average molecular weight is 212 g/mol. The van der Waals surface area contributed by atoms with Gasteiger partial charge in [0.15, 0.2) is 0 Å². The standard InChI is InChI=1S/C11H20N2O2/c1-12-9-4-2-7-13(10(9)14)8-11(15)5-3-6-11/h9,12,15H,2-8H2,1H3. The van der Waals surface area contributed by atoms with Gasteiger partial charge in [0.05, 0.1) is 11.6 Å². The van der Waals surface area contributed by atoms with Crippen LogP contribution in [0.4, 0.5) is 0 Å². The van der Waals surface area contributed by atoms with Crippen molar-refractivity contribution in [1.29, 1.82) is 0 Å². The van der Waals surface area contributed by atoms with Crippen molar-refractivity contribution < 1.29 is 9.90 Å². The van der Waals surface area contributed by atoms with Crippen LogP contribution in [0.25, 0.3) is 0 Å². The van der Waals surface area contributed by atoms with Crippen molar-refractivity contribution in [3.63, 3.8) is 0 Å². The van der Waals surface area contributed by atoms with Gasteiger partial charge in [0.1, 0.15) is 0 Å². The lowest BCUT2D eigenvalue weighted by Crippen LogP contribution is -2.56. The van der Waals surface area contributed by atoms with E-state index in [0.717, 1.165) is 38.6 Å². The lowest BCUT2D eigenvalue weighted by molar-refractivity contribution is -0.143. The van der Waals surface area contributed by atoms with Gasteiger partial charge in [-0.3, -0.25) is 4.79 Å². The largest absolute Gasteiger partial charge is 0.388 e. The molecule has 1 saturated heterocycles. The number of carbonyl (C=O) groups is 1. The van der Waals surface area contributed by atoms with Gasteiger partial charge < -0.3 is 15.3 Å². The van der Waals surface area contributed by atoms with E-state index >= 15 is 0 Å². The minimum absolute atomic E-state index is 0.0394. The Labute approximate surface area is 90.6 Å². The molecular weight excluding hydrogens is 192 g/mol. The molecule has 1 unspecified atom stereocenters. The van der Waals surface area contributed by atoms with Gasteiger partial charge in [0, 0.05) is 13.1 Å². The molecule has 1 atom stereocenters. The molecule has 0 spiro atoms. The maximum absolute atomic E-state index is 11.9. The summed E-state index contributed by atoms with van der Waals surface area (Å²) in [7, 11) is 1.82. The molecule has 0 aromatic heterocycles. The number of likely N-dealkylation sites (N-methyl/N-ethyl adjacent to an activating group) is 1. The van der Waals surface area contributed by atoms with Crippen LogP contribution in [0.2, 0.25) is 0 Å². The van der Waals surface area contributed by atoms with Crippen LogP contribution >= 0.6 is 0 Å². The number of likely N-dealkylation sites (tertiary alicyclic amines) is 1. The quantitative estimate of drug-likeness (QED) is 0.698. The Morgan fingerprint density at radius 3 is 2.80 bits per heavy atom. The van der Waals surface area contributed by atoms with E-state index in [1.54, 1.807) is 0 Å². The SMILES string of the molecule is CNC1CCCN(CC2(O)CCC2)C1=O. The van der Waals surface area contributed by atoms with Gasteiger partial charge in [-0.2, -0.15) is 0 Å². The van der Waals surface area contributed by atoms with Gasteiger partial charge in [-0.25, -0.2) is 0 Å². The maximum atomic E-state index is 11.9. The van der Waals surface area contributed by atoms with E-state index in [1.807, 2.05) is 11.9 Å². The summed E-state index contributed by atoms with van der Waals surface area (Å²) >= 11 is 0. The van der Waals surface area contributed by atoms with E-state index in [0.29, 0.717) is 6.54 Å². The predicted molar refractivity (Wildman–Crippen MR) is 57.5 cm³/mol. The molecule has 1 heterocycles. The number of piperidine rings is 1. The topological polar surface area (TPSA) is 52.6 Å². The fourth-order valence-electron chi connectivity index (χ4n) is 2.46. The molecule has 0 radical (unpaired) electrons. The van der Waals surface area contributed by atoms with Gasteiger partial charge in [-0.1, -0.05) is 0 Å². The van der Waals surface area contributed by atoms with Crippen LogP contribution in [0.15, 0.2) is 0 Å². The Balaban J connectivity index is 1.93. The molecule has 1 saturated carbocycles. The molecule has 0 bridgehead atoms. The van der Waals surface area contributed by atoms with Crippen LogP contribution < -0.4 is 5.32 Å². The molecule has 86 valence electrons. The number of hydrogen-bond donors (Lipinski definition) is 2. The predicted octanol–water partition coefficient (Wildman–Crippen LogP) is 0.112. The summed E-state index contributed by atoms with van der Waals surface area (Å²) in [6.45, 7) is 1.34. The van der Waals surface area contributed by atoms with Crippen molar-refractivity contribution >= 4 is 5.91 Å². The molecule has 1 aliphatic carbocycles. The number of amides is 1. The highest BCUT2D eigenvalue weighted by Crippen LogP contribution is 2.33. The van der Waals surface area contributed by atoms with Crippen LogP contribution in [0.1, 0.15) is 32.1 Å². The average Bonchev–Trinajstić information content (AvgIpc) is 2.19. The van der Waals surface area contributed by atoms with E-state index in [-0.39, 0.29) is 11.9 Å².